The fourth-order valence-corrected chi connectivity index (χ4v) is 2.27. The second-order valence-electron chi connectivity index (χ2n) is 3.42. The molecule has 0 atom stereocenters. The molecular formula is C12H11N3S. The molecule has 0 spiro atoms. The van der Waals surface area contributed by atoms with E-state index in [4.69, 9.17) is 5.26 Å². The number of hydrogen-bond acceptors (Lipinski definition) is 4. The molecule has 0 saturated heterocycles. The monoisotopic (exact) mass is 229 g/mol. The van der Waals surface area contributed by atoms with Crippen LogP contribution in [0, 0.1) is 11.3 Å². The number of thiophene rings is 1. The zero-order valence-corrected chi connectivity index (χ0v) is 9.74. The first-order valence-electron chi connectivity index (χ1n) is 4.90. The Bertz CT molecular complexity index is 499. The molecule has 0 radical (unpaired) electrons. The van der Waals surface area contributed by atoms with Crippen LogP contribution < -0.4 is 4.90 Å². The lowest BCUT2D eigenvalue weighted by molar-refractivity contribution is 0.930. The highest BCUT2D eigenvalue weighted by atomic mass is 32.1. The van der Waals surface area contributed by atoms with Crippen LogP contribution in [0.5, 0.6) is 0 Å². The van der Waals surface area contributed by atoms with Gasteiger partial charge in [-0.3, -0.25) is 0 Å². The van der Waals surface area contributed by atoms with Gasteiger partial charge in [0.25, 0.3) is 0 Å². The molecule has 4 heteroatoms. The van der Waals surface area contributed by atoms with Crippen molar-refractivity contribution in [2.24, 2.45) is 0 Å². The van der Waals surface area contributed by atoms with Gasteiger partial charge in [0.2, 0.25) is 0 Å². The van der Waals surface area contributed by atoms with Gasteiger partial charge in [0.05, 0.1) is 12.2 Å². The number of nitrogens with zero attached hydrogens (tertiary/aromatic N) is 3. The van der Waals surface area contributed by atoms with E-state index < -0.39 is 0 Å². The fourth-order valence-electron chi connectivity index (χ4n) is 1.51. The van der Waals surface area contributed by atoms with Gasteiger partial charge >= 0.3 is 0 Å². The van der Waals surface area contributed by atoms with E-state index in [-0.39, 0.29) is 0 Å². The highest BCUT2D eigenvalue weighted by Crippen LogP contribution is 2.19. The maximum absolute atomic E-state index is 8.96. The first-order valence-corrected chi connectivity index (χ1v) is 5.78. The SMILES string of the molecule is CN(Cc1cccs1)c1cccnc1C#N. The van der Waals surface area contributed by atoms with Crippen LogP contribution in [0.4, 0.5) is 5.69 Å². The lowest BCUT2D eigenvalue weighted by Crippen LogP contribution is -2.17. The van der Waals surface area contributed by atoms with Gasteiger partial charge in [-0.25, -0.2) is 4.98 Å². The Labute approximate surface area is 98.6 Å². The molecule has 0 amide bonds. The Morgan fingerprint density at radius 1 is 1.44 bits per heavy atom. The van der Waals surface area contributed by atoms with Crippen molar-refractivity contribution in [1.29, 1.82) is 5.26 Å². The predicted molar refractivity (Wildman–Crippen MR) is 65.4 cm³/mol. The van der Waals surface area contributed by atoms with E-state index in [0.29, 0.717) is 5.69 Å². The average molecular weight is 229 g/mol. The molecule has 2 aromatic heterocycles. The molecule has 0 unspecified atom stereocenters. The maximum Gasteiger partial charge on any atom is 0.163 e. The number of anilines is 1. The molecule has 0 bridgehead atoms. The van der Waals surface area contributed by atoms with Crippen molar-refractivity contribution in [3.63, 3.8) is 0 Å². The summed E-state index contributed by atoms with van der Waals surface area (Å²) in [6.45, 7) is 0.804. The second-order valence-corrected chi connectivity index (χ2v) is 4.45. The molecule has 2 rings (SSSR count). The van der Waals surface area contributed by atoms with Gasteiger partial charge in [0.15, 0.2) is 5.69 Å². The molecule has 2 heterocycles. The smallest absolute Gasteiger partial charge is 0.163 e. The number of aromatic nitrogens is 1. The second kappa shape index (κ2) is 4.77. The van der Waals surface area contributed by atoms with E-state index in [1.165, 1.54) is 4.88 Å². The molecular weight excluding hydrogens is 218 g/mol. The van der Waals surface area contributed by atoms with Crippen LogP contribution in [-0.4, -0.2) is 12.0 Å². The molecule has 0 fully saturated rings. The van der Waals surface area contributed by atoms with Crippen LogP contribution in [0.2, 0.25) is 0 Å². The molecule has 0 saturated carbocycles. The molecule has 16 heavy (non-hydrogen) atoms. The van der Waals surface area contributed by atoms with Gasteiger partial charge in [-0.05, 0) is 23.6 Å². The average Bonchev–Trinajstić information content (AvgIpc) is 2.81. The Kier molecular flexibility index (Phi) is 3.18. The van der Waals surface area contributed by atoms with Crippen LogP contribution in [0.1, 0.15) is 10.6 Å². The summed E-state index contributed by atoms with van der Waals surface area (Å²) in [4.78, 5) is 7.36. The third kappa shape index (κ3) is 2.20. The molecule has 80 valence electrons. The summed E-state index contributed by atoms with van der Waals surface area (Å²) in [5.41, 5.74) is 1.35. The third-order valence-electron chi connectivity index (χ3n) is 2.28. The third-order valence-corrected chi connectivity index (χ3v) is 3.14. The largest absolute Gasteiger partial charge is 0.367 e. The van der Waals surface area contributed by atoms with Gasteiger partial charge in [0, 0.05) is 18.1 Å². The standard InChI is InChI=1S/C12H11N3S/c1-15(9-10-4-3-7-16-10)12-5-2-6-14-11(12)8-13/h2-7H,9H2,1H3. The van der Waals surface area contributed by atoms with E-state index >= 15 is 0 Å². The maximum atomic E-state index is 8.96. The molecule has 3 nitrogen and oxygen atoms in total. The first kappa shape index (κ1) is 10.7. The summed E-state index contributed by atoms with van der Waals surface area (Å²) < 4.78 is 0. The summed E-state index contributed by atoms with van der Waals surface area (Å²) in [6, 6.07) is 9.99. The Balaban J connectivity index is 2.21. The fraction of sp³-hybridized carbons (Fsp3) is 0.167. The van der Waals surface area contributed by atoms with Crippen LogP contribution in [0.25, 0.3) is 0 Å². The van der Waals surface area contributed by atoms with E-state index in [0.717, 1.165) is 12.2 Å². The van der Waals surface area contributed by atoms with E-state index in [1.54, 1.807) is 17.5 Å². The molecule has 0 N–H and O–H groups in total. The van der Waals surface area contributed by atoms with Gasteiger partial charge in [-0.15, -0.1) is 11.3 Å². The highest BCUT2D eigenvalue weighted by molar-refractivity contribution is 7.09. The summed E-state index contributed by atoms with van der Waals surface area (Å²) >= 11 is 1.71. The predicted octanol–water partition coefficient (Wildman–Crippen LogP) is 2.65. The minimum atomic E-state index is 0.474. The van der Waals surface area contributed by atoms with Crippen molar-refractivity contribution in [1.82, 2.24) is 4.98 Å². The number of rotatable bonds is 3. The summed E-state index contributed by atoms with van der Waals surface area (Å²) in [5.74, 6) is 0. The zero-order valence-electron chi connectivity index (χ0n) is 8.92. The van der Waals surface area contributed by atoms with Crippen LogP contribution >= 0.6 is 11.3 Å². The topological polar surface area (TPSA) is 39.9 Å². The minimum Gasteiger partial charge on any atom is -0.367 e. The molecule has 0 aromatic carbocycles. The molecule has 0 aliphatic carbocycles. The van der Waals surface area contributed by atoms with Crippen molar-refractivity contribution in [3.05, 3.63) is 46.4 Å². The Morgan fingerprint density at radius 2 is 2.31 bits per heavy atom. The summed E-state index contributed by atoms with van der Waals surface area (Å²) in [6.07, 6.45) is 1.64. The Hall–Kier alpha value is -1.86. The molecule has 0 aliphatic rings. The quantitative estimate of drug-likeness (QED) is 0.812. The lowest BCUT2D eigenvalue weighted by atomic mass is 10.3. The van der Waals surface area contributed by atoms with Crippen molar-refractivity contribution < 1.29 is 0 Å². The van der Waals surface area contributed by atoms with Crippen LogP contribution in [0.3, 0.4) is 0 Å². The highest BCUT2D eigenvalue weighted by Gasteiger charge is 2.08. The summed E-state index contributed by atoms with van der Waals surface area (Å²) in [7, 11) is 1.97. The number of pyridine rings is 1. The van der Waals surface area contributed by atoms with Gasteiger partial charge in [-0.2, -0.15) is 5.26 Å². The van der Waals surface area contributed by atoms with Gasteiger partial charge < -0.3 is 4.90 Å². The van der Waals surface area contributed by atoms with Crippen molar-refractivity contribution >= 4 is 17.0 Å². The van der Waals surface area contributed by atoms with Crippen molar-refractivity contribution in [2.45, 2.75) is 6.54 Å². The number of nitriles is 1. The van der Waals surface area contributed by atoms with Crippen molar-refractivity contribution in [3.8, 4) is 6.07 Å². The minimum absolute atomic E-state index is 0.474. The normalized spacial score (nSPS) is 9.75. The van der Waals surface area contributed by atoms with E-state index in [9.17, 15) is 0 Å². The molecule has 0 aliphatic heterocycles. The first-order chi connectivity index (χ1) is 7.81. The van der Waals surface area contributed by atoms with Crippen LogP contribution in [0.15, 0.2) is 35.8 Å². The molecule has 2 aromatic rings. The zero-order chi connectivity index (χ0) is 11.4. The lowest BCUT2D eigenvalue weighted by Gasteiger charge is -2.18. The van der Waals surface area contributed by atoms with E-state index in [1.807, 2.05) is 30.1 Å². The Morgan fingerprint density at radius 3 is 3.00 bits per heavy atom. The van der Waals surface area contributed by atoms with Crippen molar-refractivity contribution in [2.75, 3.05) is 11.9 Å². The number of hydrogen-bond donors (Lipinski definition) is 0. The van der Waals surface area contributed by atoms with E-state index in [2.05, 4.69) is 22.5 Å². The van der Waals surface area contributed by atoms with Gasteiger partial charge in [-0.1, -0.05) is 6.07 Å². The summed E-state index contributed by atoms with van der Waals surface area (Å²) in [5, 5.41) is 11.0. The van der Waals surface area contributed by atoms with Crippen LogP contribution in [-0.2, 0) is 6.54 Å². The van der Waals surface area contributed by atoms with Gasteiger partial charge in [0.1, 0.15) is 6.07 Å².